The van der Waals surface area contributed by atoms with Gasteiger partial charge in [-0.2, -0.15) is 4.31 Å². The third-order valence-corrected chi connectivity index (χ3v) is 7.56. The number of rotatable bonds is 6. The SMILES string of the molecule is CC(C)(C)OC(=O)N1CCC(COc2ccc(CCl)cc2S(=O)(=O)N2CCC2)CC1. The second-order valence-electron chi connectivity index (χ2n) is 8.89. The summed E-state index contributed by atoms with van der Waals surface area (Å²) in [7, 11) is -3.58. The summed E-state index contributed by atoms with van der Waals surface area (Å²) in [5, 5.41) is 0. The first-order valence-corrected chi connectivity index (χ1v) is 12.4. The molecule has 2 fully saturated rings. The van der Waals surface area contributed by atoms with Gasteiger partial charge >= 0.3 is 6.09 Å². The molecule has 2 aliphatic rings. The summed E-state index contributed by atoms with van der Waals surface area (Å²) in [6.45, 7) is 8.25. The van der Waals surface area contributed by atoms with E-state index in [2.05, 4.69) is 0 Å². The Morgan fingerprint density at radius 2 is 1.83 bits per heavy atom. The fourth-order valence-corrected chi connectivity index (χ4v) is 5.30. The molecule has 2 saturated heterocycles. The van der Waals surface area contributed by atoms with Crippen molar-refractivity contribution < 1.29 is 22.7 Å². The maximum absolute atomic E-state index is 12.9. The summed E-state index contributed by atoms with van der Waals surface area (Å²) >= 11 is 5.92. The molecule has 168 valence electrons. The Kier molecular flexibility index (Phi) is 7.20. The zero-order chi connectivity index (χ0) is 21.9. The van der Waals surface area contributed by atoms with Crippen molar-refractivity contribution in [2.24, 2.45) is 5.92 Å². The minimum atomic E-state index is -3.58. The van der Waals surface area contributed by atoms with E-state index in [1.165, 1.54) is 4.31 Å². The van der Waals surface area contributed by atoms with Crippen LogP contribution in [0.4, 0.5) is 4.79 Å². The van der Waals surface area contributed by atoms with Gasteiger partial charge in [0.1, 0.15) is 16.2 Å². The van der Waals surface area contributed by atoms with Crippen LogP contribution in [0.25, 0.3) is 0 Å². The number of hydrogen-bond acceptors (Lipinski definition) is 5. The highest BCUT2D eigenvalue weighted by Crippen LogP contribution is 2.32. The van der Waals surface area contributed by atoms with E-state index in [4.69, 9.17) is 21.1 Å². The third-order valence-electron chi connectivity index (χ3n) is 5.34. The number of likely N-dealkylation sites (tertiary alicyclic amines) is 1. The number of hydrogen-bond donors (Lipinski definition) is 0. The molecule has 2 heterocycles. The van der Waals surface area contributed by atoms with Crippen LogP contribution >= 0.6 is 11.6 Å². The Labute approximate surface area is 184 Å². The van der Waals surface area contributed by atoms with Crippen LogP contribution in [0.5, 0.6) is 5.75 Å². The molecule has 0 spiro atoms. The minimum absolute atomic E-state index is 0.187. The fourth-order valence-electron chi connectivity index (χ4n) is 3.44. The maximum atomic E-state index is 12.9. The van der Waals surface area contributed by atoms with E-state index in [0.29, 0.717) is 38.5 Å². The van der Waals surface area contributed by atoms with E-state index < -0.39 is 15.6 Å². The topological polar surface area (TPSA) is 76.1 Å². The standard InChI is InChI=1S/C21H31ClN2O5S/c1-21(2,3)29-20(25)23-11-7-16(8-12-23)15-28-18-6-5-17(14-22)13-19(18)30(26,27)24-9-4-10-24/h5-6,13,16H,4,7-12,14-15H2,1-3H3. The number of ether oxygens (including phenoxy) is 2. The molecule has 0 unspecified atom stereocenters. The Hall–Kier alpha value is -1.51. The highest BCUT2D eigenvalue weighted by Gasteiger charge is 2.33. The van der Waals surface area contributed by atoms with Gasteiger partial charge in [-0.3, -0.25) is 0 Å². The molecule has 0 aromatic heterocycles. The van der Waals surface area contributed by atoms with Crippen LogP contribution in [0, 0.1) is 5.92 Å². The van der Waals surface area contributed by atoms with Gasteiger partial charge in [-0.25, -0.2) is 13.2 Å². The molecule has 0 atom stereocenters. The van der Waals surface area contributed by atoms with Crippen LogP contribution < -0.4 is 4.74 Å². The first-order valence-electron chi connectivity index (χ1n) is 10.4. The summed E-state index contributed by atoms with van der Waals surface area (Å²) < 4.78 is 38.7. The maximum Gasteiger partial charge on any atom is 0.410 e. The van der Waals surface area contributed by atoms with Crippen LogP contribution in [0.2, 0.25) is 0 Å². The van der Waals surface area contributed by atoms with Crippen molar-refractivity contribution >= 4 is 27.7 Å². The Morgan fingerprint density at radius 3 is 2.37 bits per heavy atom. The van der Waals surface area contributed by atoms with Gasteiger partial charge in [-0.1, -0.05) is 6.07 Å². The lowest BCUT2D eigenvalue weighted by Gasteiger charge is -2.33. The Balaban J connectivity index is 1.61. The van der Waals surface area contributed by atoms with Crippen LogP contribution in [0.1, 0.15) is 45.6 Å². The van der Waals surface area contributed by atoms with Crippen molar-refractivity contribution in [1.82, 2.24) is 9.21 Å². The highest BCUT2D eigenvalue weighted by atomic mass is 35.5. The van der Waals surface area contributed by atoms with E-state index in [1.54, 1.807) is 23.1 Å². The zero-order valence-electron chi connectivity index (χ0n) is 17.9. The molecular formula is C21H31ClN2O5S. The summed E-state index contributed by atoms with van der Waals surface area (Å²) in [5.41, 5.74) is 0.235. The normalized spacial score (nSPS) is 18.7. The molecule has 9 heteroatoms. The molecule has 1 amide bonds. The van der Waals surface area contributed by atoms with Gasteiger partial charge in [0, 0.05) is 32.1 Å². The number of alkyl halides is 1. The van der Waals surface area contributed by atoms with E-state index in [9.17, 15) is 13.2 Å². The van der Waals surface area contributed by atoms with Gasteiger partial charge in [0.15, 0.2) is 0 Å². The molecule has 2 aliphatic heterocycles. The van der Waals surface area contributed by atoms with Crippen LogP contribution in [-0.4, -0.2) is 62.1 Å². The highest BCUT2D eigenvalue weighted by molar-refractivity contribution is 7.89. The first-order chi connectivity index (χ1) is 14.1. The van der Waals surface area contributed by atoms with E-state index in [1.807, 2.05) is 20.8 Å². The molecule has 0 N–H and O–H groups in total. The van der Waals surface area contributed by atoms with E-state index in [0.717, 1.165) is 24.8 Å². The van der Waals surface area contributed by atoms with Crippen molar-refractivity contribution in [3.63, 3.8) is 0 Å². The van der Waals surface area contributed by atoms with Gasteiger partial charge in [0.2, 0.25) is 10.0 Å². The smallest absolute Gasteiger partial charge is 0.410 e. The molecule has 1 aromatic carbocycles. The van der Waals surface area contributed by atoms with Crippen molar-refractivity contribution in [1.29, 1.82) is 0 Å². The number of piperidine rings is 1. The van der Waals surface area contributed by atoms with Gasteiger partial charge in [-0.05, 0) is 63.6 Å². The number of sulfonamides is 1. The van der Waals surface area contributed by atoms with Gasteiger partial charge in [-0.15, -0.1) is 11.6 Å². The molecule has 0 saturated carbocycles. The summed E-state index contributed by atoms with van der Waals surface area (Å²) in [5.74, 6) is 0.854. The van der Waals surface area contributed by atoms with Gasteiger partial charge in [0.25, 0.3) is 0 Å². The molecule has 1 aromatic rings. The van der Waals surface area contributed by atoms with Crippen molar-refractivity contribution in [3.8, 4) is 5.75 Å². The van der Waals surface area contributed by atoms with Crippen molar-refractivity contribution in [2.45, 2.75) is 56.4 Å². The second kappa shape index (κ2) is 9.32. The average Bonchev–Trinajstić information content (AvgIpc) is 2.63. The monoisotopic (exact) mass is 458 g/mol. The lowest BCUT2D eigenvalue weighted by Crippen LogP contribution is -2.42. The molecule has 3 rings (SSSR count). The first kappa shape index (κ1) is 23.2. The van der Waals surface area contributed by atoms with Crippen LogP contribution in [-0.2, 0) is 20.6 Å². The van der Waals surface area contributed by atoms with E-state index in [-0.39, 0.29) is 22.8 Å². The number of amides is 1. The third kappa shape index (κ3) is 5.59. The molecule has 7 nitrogen and oxygen atoms in total. The average molecular weight is 459 g/mol. The largest absolute Gasteiger partial charge is 0.492 e. The van der Waals surface area contributed by atoms with E-state index >= 15 is 0 Å². The predicted molar refractivity (Wildman–Crippen MR) is 115 cm³/mol. The van der Waals surface area contributed by atoms with Gasteiger partial charge < -0.3 is 14.4 Å². The number of halogens is 1. The number of carbonyl (C=O) groups excluding carboxylic acids is 1. The molecule has 0 radical (unpaired) electrons. The number of nitrogens with zero attached hydrogens (tertiary/aromatic N) is 2. The van der Waals surface area contributed by atoms with Gasteiger partial charge in [0.05, 0.1) is 6.61 Å². The molecule has 0 bridgehead atoms. The zero-order valence-corrected chi connectivity index (χ0v) is 19.5. The van der Waals surface area contributed by atoms with Crippen molar-refractivity contribution in [2.75, 3.05) is 32.8 Å². The molecular weight excluding hydrogens is 428 g/mol. The lowest BCUT2D eigenvalue weighted by atomic mass is 9.98. The number of carbonyl (C=O) groups is 1. The molecule has 0 aliphatic carbocycles. The Morgan fingerprint density at radius 1 is 1.17 bits per heavy atom. The quantitative estimate of drug-likeness (QED) is 0.605. The second-order valence-corrected chi connectivity index (χ2v) is 11.1. The summed E-state index contributed by atoms with van der Waals surface area (Å²) in [6.07, 6.45) is 2.16. The fraction of sp³-hybridized carbons (Fsp3) is 0.667. The Bertz CT molecular complexity index is 857. The van der Waals surface area contributed by atoms with Crippen LogP contribution in [0.3, 0.4) is 0 Å². The minimum Gasteiger partial charge on any atom is -0.492 e. The van der Waals surface area contributed by atoms with Crippen molar-refractivity contribution in [3.05, 3.63) is 23.8 Å². The summed E-state index contributed by atoms with van der Waals surface area (Å²) in [4.78, 5) is 14.1. The summed E-state index contributed by atoms with van der Waals surface area (Å²) in [6, 6.07) is 5.10. The number of benzene rings is 1. The van der Waals surface area contributed by atoms with Crippen LogP contribution in [0.15, 0.2) is 23.1 Å². The predicted octanol–water partition coefficient (Wildman–Crippen LogP) is 3.85. The lowest BCUT2D eigenvalue weighted by molar-refractivity contribution is 0.0164. The molecule has 30 heavy (non-hydrogen) atoms.